The second kappa shape index (κ2) is 10.9. The number of hydrogen-bond donors (Lipinski definition) is 0. The van der Waals surface area contributed by atoms with Crippen molar-refractivity contribution >= 4 is 40.9 Å². The van der Waals surface area contributed by atoms with Gasteiger partial charge in [-0.3, -0.25) is 19.3 Å². The van der Waals surface area contributed by atoms with E-state index in [1.807, 2.05) is 0 Å². The van der Waals surface area contributed by atoms with Crippen molar-refractivity contribution in [3.05, 3.63) is 58.5 Å². The van der Waals surface area contributed by atoms with Crippen molar-refractivity contribution in [2.24, 2.45) is 0 Å². The second-order valence-electron chi connectivity index (χ2n) is 7.33. The van der Waals surface area contributed by atoms with Gasteiger partial charge in [-0.2, -0.15) is 0 Å². The number of ether oxygens (including phenoxy) is 4. The van der Waals surface area contributed by atoms with E-state index in [2.05, 4.69) is 0 Å². The molecule has 0 spiro atoms. The molecular formula is C24H23NO8S. The minimum Gasteiger partial charge on any atom is -0.497 e. The van der Waals surface area contributed by atoms with Crippen LogP contribution in [0, 0.1) is 0 Å². The third-order valence-electron chi connectivity index (χ3n) is 4.54. The Morgan fingerprint density at radius 3 is 2.32 bits per heavy atom. The first-order valence-electron chi connectivity index (χ1n) is 10.2. The standard InChI is InChI=1S/C24H23NO8S/c1-14(2)32-21(26)13-25-22(27)20(34-24(25)29)12-15-5-10-18(19(11-15)31-4)33-23(28)16-6-8-17(30-3)9-7-16/h5-12,14H,13H2,1-4H3/b20-12-. The van der Waals surface area contributed by atoms with Gasteiger partial charge < -0.3 is 18.9 Å². The van der Waals surface area contributed by atoms with E-state index in [0.29, 0.717) is 16.9 Å². The molecule has 0 saturated carbocycles. The van der Waals surface area contributed by atoms with Gasteiger partial charge >= 0.3 is 11.9 Å². The van der Waals surface area contributed by atoms with E-state index >= 15 is 0 Å². The van der Waals surface area contributed by atoms with Gasteiger partial charge in [0.15, 0.2) is 11.5 Å². The van der Waals surface area contributed by atoms with Gasteiger partial charge in [-0.25, -0.2) is 4.79 Å². The van der Waals surface area contributed by atoms with Crippen LogP contribution in [0.4, 0.5) is 4.79 Å². The largest absolute Gasteiger partial charge is 0.497 e. The number of esters is 2. The maximum absolute atomic E-state index is 12.6. The van der Waals surface area contributed by atoms with Gasteiger partial charge in [0.1, 0.15) is 12.3 Å². The van der Waals surface area contributed by atoms with E-state index < -0.39 is 29.6 Å². The lowest BCUT2D eigenvalue weighted by atomic mass is 10.1. The Hall–Kier alpha value is -3.79. The van der Waals surface area contributed by atoms with Crippen LogP contribution in [0.2, 0.25) is 0 Å². The monoisotopic (exact) mass is 485 g/mol. The van der Waals surface area contributed by atoms with Crippen molar-refractivity contribution in [2.75, 3.05) is 20.8 Å². The number of carbonyl (C=O) groups is 4. The Bertz CT molecular complexity index is 1140. The molecule has 0 unspecified atom stereocenters. The number of benzene rings is 2. The Morgan fingerprint density at radius 1 is 1.00 bits per heavy atom. The molecule has 1 saturated heterocycles. The van der Waals surface area contributed by atoms with Gasteiger partial charge in [0.2, 0.25) is 0 Å². The molecule has 1 fully saturated rings. The minimum atomic E-state index is -0.664. The molecule has 9 nitrogen and oxygen atoms in total. The van der Waals surface area contributed by atoms with Crippen molar-refractivity contribution < 1.29 is 38.1 Å². The van der Waals surface area contributed by atoms with E-state index in [-0.39, 0.29) is 22.5 Å². The fraction of sp³-hybridized carbons (Fsp3) is 0.250. The summed E-state index contributed by atoms with van der Waals surface area (Å²) in [5.74, 6) is -0.781. The lowest BCUT2D eigenvalue weighted by Crippen LogP contribution is -2.35. The fourth-order valence-electron chi connectivity index (χ4n) is 2.96. The van der Waals surface area contributed by atoms with Gasteiger partial charge in [0.05, 0.1) is 30.8 Å². The molecule has 0 radical (unpaired) electrons. The van der Waals surface area contributed by atoms with Crippen molar-refractivity contribution in [3.8, 4) is 17.2 Å². The Balaban J connectivity index is 1.74. The van der Waals surface area contributed by atoms with Crippen molar-refractivity contribution in [3.63, 3.8) is 0 Å². The van der Waals surface area contributed by atoms with Crippen molar-refractivity contribution in [2.45, 2.75) is 20.0 Å². The van der Waals surface area contributed by atoms with Crippen LogP contribution in [0.25, 0.3) is 6.08 Å². The van der Waals surface area contributed by atoms with Crippen molar-refractivity contribution in [1.29, 1.82) is 0 Å². The summed E-state index contributed by atoms with van der Waals surface area (Å²) in [6.07, 6.45) is 1.14. The number of nitrogens with zero attached hydrogens (tertiary/aromatic N) is 1. The van der Waals surface area contributed by atoms with E-state index in [1.54, 1.807) is 50.2 Å². The number of carbonyl (C=O) groups excluding carboxylic acids is 4. The molecule has 3 rings (SSSR count). The molecule has 1 aliphatic heterocycles. The molecule has 2 aromatic carbocycles. The highest BCUT2D eigenvalue weighted by Crippen LogP contribution is 2.34. The van der Waals surface area contributed by atoms with Crippen LogP contribution in [0.3, 0.4) is 0 Å². The van der Waals surface area contributed by atoms with Crippen LogP contribution >= 0.6 is 11.8 Å². The highest BCUT2D eigenvalue weighted by Gasteiger charge is 2.36. The Labute approximate surface area is 200 Å². The minimum absolute atomic E-state index is 0.146. The average molecular weight is 486 g/mol. The summed E-state index contributed by atoms with van der Waals surface area (Å²) < 4.78 is 20.8. The highest BCUT2D eigenvalue weighted by atomic mass is 32.2. The van der Waals surface area contributed by atoms with Crippen LogP contribution in [-0.4, -0.2) is 54.9 Å². The van der Waals surface area contributed by atoms with Crippen molar-refractivity contribution in [1.82, 2.24) is 4.90 Å². The third-order valence-corrected chi connectivity index (χ3v) is 5.45. The molecule has 1 heterocycles. The average Bonchev–Trinajstić information content (AvgIpc) is 3.06. The summed E-state index contributed by atoms with van der Waals surface area (Å²) in [7, 11) is 2.94. The van der Waals surface area contributed by atoms with Gasteiger partial charge in [0, 0.05) is 0 Å². The lowest BCUT2D eigenvalue weighted by Gasteiger charge is -2.13. The molecular weight excluding hydrogens is 462 g/mol. The van der Waals surface area contributed by atoms with Gasteiger partial charge in [-0.1, -0.05) is 6.07 Å². The summed E-state index contributed by atoms with van der Waals surface area (Å²) in [5.41, 5.74) is 0.868. The summed E-state index contributed by atoms with van der Waals surface area (Å²) in [5, 5.41) is -0.561. The zero-order chi connectivity index (χ0) is 24.8. The van der Waals surface area contributed by atoms with Crippen LogP contribution < -0.4 is 14.2 Å². The smallest absolute Gasteiger partial charge is 0.343 e. The Morgan fingerprint density at radius 2 is 1.71 bits per heavy atom. The molecule has 2 amide bonds. The number of amides is 2. The van der Waals surface area contributed by atoms with E-state index in [9.17, 15) is 19.2 Å². The number of hydrogen-bond acceptors (Lipinski definition) is 9. The fourth-order valence-corrected chi connectivity index (χ4v) is 3.80. The van der Waals surface area contributed by atoms with Gasteiger partial charge in [-0.05, 0) is 73.6 Å². The van der Waals surface area contributed by atoms with E-state index in [1.165, 1.54) is 26.4 Å². The molecule has 2 aromatic rings. The van der Waals surface area contributed by atoms with E-state index in [4.69, 9.17) is 18.9 Å². The summed E-state index contributed by atoms with van der Waals surface area (Å²) >= 11 is 0.720. The number of rotatable bonds is 8. The predicted molar refractivity (Wildman–Crippen MR) is 125 cm³/mol. The number of thioether (sulfide) groups is 1. The zero-order valence-electron chi connectivity index (χ0n) is 19.0. The summed E-state index contributed by atoms with van der Waals surface area (Å²) in [4.78, 5) is 50.1. The first kappa shape index (κ1) is 24.8. The molecule has 0 N–H and O–H groups in total. The molecule has 178 valence electrons. The topological polar surface area (TPSA) is 108 Å². The van der Waals surface area contributed by atoms with E-state index in [0.717, 1.165) is 16.7 Å². The molecule has 0 bridgehead atoms. The SMILES string of the molecule is COc1ccc(C(=O)Oc2ccc(/C=C3\SC(=O)N(CC(=O)OC(C)C)C3=O)cc2OC)cc1. The normalized spacial score (nSPS) is 14.5. The quantitative estimate of drug-likeness (QED) is 0.312. The Kier molecular flexibility index (Phi) is 7.95. The number of methoxy groups -OCH3 is 2. The molecule has 0 aliphatic carbocycles. The summed E-state index contributed by atoms with van der Waals surface area (Å²) in [6.45, 7) is 2.90. The van der Waals surface area contributed by atoms with Gasteiger partial charge in [-0.15, -0.1) is 0 Å². The molecule has 0 aromatic heterocycles. The summed E-state index contributed by atoms with van der Waals surface area (Å²) in [6, 6.07) is 11.2. The molecule has 1 aliphatic rings. The maximum atomic E-state index is 12.6. The predicted octanol–water partition coefficient (Wildman–Crippen LogP) is 3.91. The molecule has 0 atom stereocenters. The molecule has 10 heteroatoms. The van der Waals surface area contributed by atoms with Crippen LogP contribution in [0.5, 0.6) is 17.2 Å². The van der Waals surface area contributed by atoms with Crippen LogP contribution in [0.15, 0.2) is 47.4 Å². The van der Waals surface area contributed by atoms with Crippen LogP contribution in [0.1, 0.15) is 29.8 Å². The van der Waals surface area contributed by atoms with Crippen LogP contribution in [-0.2, 0) is 14.3 Å². The highest BCUT2D eigenvalue weighted by molar-refractivity contribution is 8.18. The maximum Gasteiger partial charge on any atom is 0.343 e. The first-order valence-corrected chi connectivity index (χ1v) is 11.0. The molecule has 34 heavy (non-hydrogen) atoms. The van der Waals surface area contributed by atoms with Gasteiger partial charge in [0.25, 0.3) is 11.1 Å². The zero-order valence-corrected chi connectivity index (χ0v) is 19.8. The third kappa shape index (κ3) is 5.96. The lowest BCUT2D eigenvalue weighted by molar-refractivity contribution is -0.149. The first-order chi connectivity index (χ1) is 16.2. The second-order valence-corrected chi connectivity index (χ2v) is 8.33. The number of imide groups is 1.